The van der Waals surface area contributed by atoms with Gasteiger partial charge in [0.15, 0.2) is 5.96 Å². The molecule has 0 aliphatic carbocycles. The maximum atomic E-state index is 10.6. The average molecular weight is 450 g/mol. The Labute approximate surface area is 193 Å². The van der Waals surface area contributed by atoms with Gasteiger partial charge in [-0.05, 0) is 57.9 Å². The van der Waals surface area contributed by atoms with Crippen LogP contribution in [0, 0.1) is 18.3 Å². The van der Waals surface area contributed by atoms with E-state index in [1.807, 2.05) is 38.1 Å². The first-order valence-corrected chi connectivity index (χ1v) is 11.0. The number of guanidine groups is 1. The van der Waals surface area contributed by atoms with Crippen LogP contribution >= 0.6 is 0 Å². The number of aryl methyl sites for hydroxylation is 2. The maximum Gasteiger partial charge on any atom is 0.191 e. The summed E-state index contributed by atoms with van der Waals surface area (Å²) in [6.07, 6.45) is 2.83. The highest BCUT2D eigenvalue weighted by atomic mass is 16.4. The molecule has 3 rings (SSSR count). The van der Waals surface area contributed by atoms with Gasteiger partial charge in [0.2, 0.25) is 0 Å². The average Bonchev–Trinajstić information content (AvgIpc) is 3.44. The number of nitrogens with zero attached hydrogens (tertiary/aromatic N) is 4. The number of benzene rings is 1. The number of nitriles is 1. The third kappa shape index (κ3) is 5.93. The first-order valence-electron chi connectivity index (χ1n) is 11.0. The molecule has 2 heterocycles. The largest absolute Gasteiger partial charge is 0.466 e. The Morgan fingerprint density at radius 2 is 2.06 bits per heavy atom. The van der Waals surface area contributed by atoms with E-state index in [0.717, 1.165) is 17.7 Å². The lowest BCUT2D eigenvalue weighted by molar-refractivity contribution is 0.0437. The second-order valence-electron chi connectivity index (χ2n) is 8.04. The number of anilines is 1. The van der Waals surface area contributed by atoms with E-state index in [0.29, 0.717) is 48.3 Å². The van der Waals surface area contributed by atoms with Gasteiger partial charge in [0, 0.05) is 13.1 Å². The molecule has 174 valence electrons. The van der Waals surface area contributed by atoms with Crippen LogP contribution < -0.4 is 16.4 Å². The monoisotopic (exact) mass is 449 g/mol. The van der Waals surface area contributed by atoms with Gasteiger partial charge in [-0.15, -0.1) is 0 Å². The molecule has 0 radical (unpaired) electrons. The highest BCUT2D eigenvalue weighted by molar-refractivity contribution is 5.79. The summed E-state index contributed by atoms with van der Waals surface area (Å²) in [4.78, 5) is 4.48. The first kappa shape index (κ1) is 23.9. The van der Waals surface area contributed by atoms with Crippen LogP contribution in [0.4, 0.5) is 5.82 Å². The zero-order valence-electron chi connectivity index (χ0n) is 19.3. The molecule has 1 aromatic carbocycles. The summed E-state index contributed by atoms with van der Waals surface area (Å²) < 4.78 is 6.92. The van der Waals surface area contributed by atoms with E-state index >= 15 is 0 Å². The molecule has 0 spiro atoms. The quantitative estimate of drug-likeness (QED) is 0.224. The lowest BCUT2D eigenvalue weighted by Crippen LogP contribution is -2.39. The molecule has 9 nitrogen and oxygen atoms in total. The summed E-state index contributed by atoms with van der Waals surface area (Å²) in [6.45, 7) is 7.09. The van der Waals surface area contributed by atoms with Gasteiger partial charge in [-0.25, -0.2) is 9.67 Å². The normalized spacial score (nSPS) is 13.4. The number of nitrogen functional groups attached to an aromatic ring is 1. The highest BCUT2D eigenvalue weighted by Gasteiger charge is 2.26. The number of aliphatic imine (C=N–C) groups is 1. The van der Waals surface area contributed by atoms with Crippen molar-refractivity contribution in [3.05, 3.63) is 65.2 Å². The highest BCUT2D eigenvalue weighted by Crippen LogP contribution is 2.22. The van der Waals surface area contributed by atoms with Gasteiger partial charge in [-0.3, -0.25) is 0 Å². The Hall–Kier alpha value is -3.77. The van der Waals surface area contributed by atoms with Gasteiger partial charge in [0.25, 0.3) is 0 Å². The van der Waals surface area contributed by atoms with Crippen molar-refractivity contribution < 1.29 is 9.52 Å². The van der Waals surface area contributed by atoms with Crippen LogP contribution in [-0.4, -0.2) is 40.5 Å². The van der Waals surface area contributed by atoms with Crippen LogP contribution in [0.25, 0.3) is 5.69 Å². The molecule has 2 aromatic heterocycles. The van der Waals surface area contributed by atoms with Gasteiger partial charge in [0.05, 0.1) is 24.2 Å². The van der Waals surface area contributed by atoms with E-state index in [1.165, 1.54) is 6.26 Å². The van der Waals surface area contributed by atoms with Crippen molar-refractivity contribution >= 4 is 11.8 Å². The summed E-state index contributed by atoms with van der Waals surface area (Å²) in [5.74, 6) is 1.40. The second-order valence-corrected chi connectivity index (χ2v) is 8.04. The van der Waals surface area contributed by atoms with Crippen molar-refractivity contribution in [1.82, 2.24) is 20.4 Å². The predicted molar refractivity (Wildman–Crippen MR) is 128 cm³/mol. The summed E-state index contributed by atoms with van der Waals surface area (Å²) in [6, 6.07) is 13.5. The van der Waals surface area contributed by atoms with Crippen LogP contribution in [0.15, 0.2) is 52.1 Å². The molecule has 0 bridgehead atoms. The lowest BCUT2D eigenvalue weighted by Gasteiger charge is -2.19. The Morgan fingerprint density at radius 1 is 1.30 bits per heavy atom. The molecule has 0 aliphatic heterocycles. The van der Waals surface area contributed by atoms with Crippen LogP contribution in [0.5, 0.6) is 0 Å². The molecule has 0 amide bonds. The van der Waals surface area contributed by atoms with Crippen molar-refractivity contribution in [3.8, 4) is 11.8 Å². The molecule has 0 saturated heterocycles. The number of nitrogens with one attached hydrogen (secondary N) is 2. The number of aromatic nitrogens is 2. The van der Waals surface area contributed by atoms with Crippen LogP contribution in [-0.2, 0) is 12.0 Å². The van der Waals surface area contributed by atoms with Gasteiger partial charge < -0.3 is 25.9 Å². The molecule has 1 unspecified atom stereocenters. The Kier molecular flexibility index (Phi) is 7.74. The number of rotatable bonds is 9. The van der Waals surface area contributed by atoms with Crippen LogP contribution in [0.1, 0.15) is 42.8 Å². The Bertz CT molecular complexity index is 1110. The Balaban J connectivity index is 1.61. The lowest BCUT2D eigenvalue weighted by atomic mass is 10.0. The van der Waals surface area contributed by atoms with Crippen molar-refractivity contribution in [1.29, 1.82) is 5.26 Å². The van der Waals surface area contributed by atoms with E-state index < -0.39 is 5.60 Å². The smallest absolute Gasteiger partial charge is 0.191 e. The van der Waals surface area contributed by atoms with Crippen molar-refractivity contribution in [2.24, 2.45) is 4.99 Å². The summed E-state index contributed by atoms with van der Waals surface area (Å²) in [5, 5.41) is 31.2. The van der Waals surface area contributed by atoms with Gasteiger partial charge in [-0.1, -0.05) is 17.7 Å². The summed E-state index contributed by atoms with van der Waals surface area (Å²) >= 11 is 0. The standard InChI is InChI=1S/C24H31N7O2/c1-4-27-23(29-16-24(3,32)21-8-6-14-33-21)28-13-5-7-20-19(15-25)22(26)31(30-20)18-11-9-17(2)10-12-18/h6,8-12,14,32H,4-5,7,13,16,26H2,1-3H3,(H2,27,28,29). The molecule has 1 atom stereocenters. The molecule has 0 fully saturated rings. The fourth-order valence-corrected chi connectivity index (χ4v) is 3.36. The molecule has 5 N–H and O–H groups in total. The van der Waals surface area contributed by atoms with Gasteiger partial charge in [-0.2, -0.15) is 10.4 Å². The van der Waals surface area contributed by atoms with E-state index in [4.69, 9.17) is 10.2 Å². The van der Waals surface area contributed by atoms with Crippen LogP contribution in [0.2, 0.25) is 0 Å². The molecular formula is C24H31N7O2. The third-order valence-corrected chi connectivity index (χ3v) is 5.21. The maximum absolute atomic E-state index is 10.6. The minimum Gasteiger partial charge on any atom is -0.466 e. The molecular weight excluding hydrogens is 418 g/mol. The van der Waals surface area contributed by atoms with Crippen molar-refractivity contribution in [2.75, 3.05) is 25.4 Å². The first-order chi connectivity index (χ1) is 15.9. The Morgan fingerprint density at radius 3 is 2.70 bits per heavy atom. The van der Waals surface area contributed by atoms with Crippen molar-refractivity contribution in [3.63, 3.8) is 0 Å². The summed E-state index contributed by atoms with van der Waals surface area (Å²) in [5.41, 5.74) is 8.04. The van der Waals surface area contributed by atoms with E-state index in [9.17, 15) is 10.4 Å². The predicted octanol–water partition coefficient (Wildman–Crippen LogP) is 2.62. The van der Waals surface area contributed by atoms with Crippen molar-refractivity contribution in [2.45, 2.75) is 39.2 Å². The molecule has 3 aromatic rings. The second kappa shape index (κ2) is 10.7. The van der Waals surface area contributed by atoms with Crippen LogP contribution in [0.3, 0.4) is 0 Å². The zero-order chi connectivity index (χ0) is 23.8. The van der Waals surface area contributed by atoms with E-state index in [2.05, 4.69) is 26.8 Å². The SMILES string of the molecule is CCNC(=NCC(C)(O)c1ccco1)NCCCc1nn(-c2ccc(C)cc2)c(N)c1C#N. The molecule has 0 aliphatic rings. The number of hydrogen-bond acceptors (Lipinski definition) is 6. The van der Waals surface area contributed by atoms with E-state index in [-0.39, 0.29) is 6.54 Å². The van der Waals surface area contributed by atoms with E-state index in [1.54, 1.807) is 23.7 Å². The fraction of sp³-hybridized carbons (Fsp3) is 0.375. The number of hydrogen-bond donors (Lipinski definition) is 4. The number of furan rings is 1. The third-order valence-electron chi connectivity index (χ3n) is 5.21. The van der Waals surface area contributed by atoms with Gasteiger partial charge in [0.1, 0.15) is 28.8 Å². The minimum absolute atomic E-state index is 0.145. The fourth-order valence-electron chi connectivity index (χ4n) is 3.36. The molecule has 9 heteroatoms. The molecule has 0 saturated carbocycles. The zero-order valence-corrected chi connectivity index (χ0v) is 19.3. The minimum atomic E-state index is -1.20. The summed E-state index contributed by atoms with van der Waals surface area (Å²) in [7, 11) is 0. The van der Waals surface area contributed by atoms with Gasteiger partial charge >= 0.3 is 0 Å². The topological polar surface area (TPSA) is 137 Å². The number of nitrogens with two attached hydrogens (primary N) is 1. The number of aliphatic hydroxyl groups is 1. The molecule has 33 heavy (non-hydrogen) atoms.